The highest BCUT2D eigenvalue weighted by Gasteiger charge is 2.15. The number of rotatable bonds is 3. The average Bonchev–Trinajstić information content (AvgIpc) is 2.69. The Hall–Kier alpha value is -1.36. The van der Waals surface area contributed by atoms with Crippen LogP contribution in [0.5, 0.6) is 0 Å². The highest BCUT2D eigenvalue weighted by atomic mass is 16.2. The van der Waals surface area contributed by atoms with Crippen LogP contribution in [0.4, 0.5) is 0 Å². The van der Waals surface area contributed by atoms with Crippen LogP contribution in [0.15, 0.2) is 6.33 Å². The molecule has 88 valence electrons. The number of amides is 1. The second kappa shape index (κ2) is 4.65. The third kappa shape index (κ3) is 2.24. The van der Waals surface area contributed by atoms with Crippen LogP contribution in [0.2, 0.25) is 0 Å². The number of fused-ring (bicyclic) bond motifs is 1. The summed E-state index contributed by atoms with van der Waals surface area (Å²) in [6.07, 6.45) is 3.40. The quantitative estimate of drug-likeness (QED) is 0.783. The lowest BCUT2D eigenvalue weighted by molar-refractivity contribution is -0.128. The molecule has 0 spiro atoms. The Morgan fingerprint density at radius 2 is 2.44 bits per heavy atom. The number of aromatic nitrogens is 2. The molecule has 0 fully saturated rings. The minimum absolute atomic E-state index is 0.163. The van der Waals surface area contributed by atoms with Crippen molar-refractivity contribution in [2.75, 3.05) is 20.6 Å². The predicted octanol–water partition coefficient (Wildman–Crippen LogP) is 0.00710. The van der Waals surface area contributed by atoms with Gasteiger partial charge in [-0.25, -0.2) is 4.98 Å². The number of aryl methyl sites for hydroxylation is 1. The molecule has 0 saturated heterocycles. The standard InChI is InChI=1S/C11H18N4O/c1-14(2)11(16)4-6-15-8-13-9-7-12-5-3-10(9)15/h8,12H,3-7H2,1-2H3. The monoisotopic (exact) mass is 222 g/mol. The van der Waals surface area contributed by atoms with E-state index in [1.54, 1.807) is 19.0 Å². The van der Waals surface area contributed by atoms with E-state index in [4.69, 9.17) is 0 Å². The summed E-state index contributed by atoms with van der Waals surface area (Å²) < 4.78 is 2.11. The van der Waals surface area contributed by atoms with Gasteiger partial charge >= 0.3 is 0 Å². The minimum atomic E-state index is 0.163. The highest BCUT2D eigenvalue weighted by Crippen LogP contribution is 2.12. The molecular formula is C11H18N4O. The summed E-state index contributed by atoms with van der Waals surface area (Å²) >= 11 is 0. The topological polar surface area (TPSA) is 50.2 Å². The van der Waals surface area contributed by atoms with Gasteiger partial charge in [0.2, 0.25) is 5.91 Å². The molecule has 0 unspecified atom stereocenters. The molecule has 0 radical (unpaired) electrons. The molecular weight excluding hydrogens is 204 g/mol. The van der Waals surface area contributed by atoms with E-state index in [2.05, 4.69) is 14.9 Å². The molecule has 0 aliphatic carbocycles. The van der Waals surface area contributed by atoms with E-state index >= 15 is 0 Å². The smallest absolute Gasteiger partial charge is 0.223 e. The fourth-order valence-corrected chi connectivity index (χ4v) is 1.93. The van der Waals surface area contributed by atoms with E-state index in [9.17, 15) is 4.79 Å². The summed E-state index contributed by atoms with van der Waals surface area (Å²) in [6.45, 7) is 2.59. The van der Waals surface area contributed by atoms with E-state index in [0.717, 1.165) is 31.7 Å². The average molecular weight is 222 g/mol. The Balaban J connectivity index is 2.00. The van der Waals surface area contributed by atoms with E-state index < -0.39 is 0 Å². The zero-order chi connectivity index (χ0) is 11.5. The molecule has 0 atom stereocenters. The van der Waals surface area contributed by atoms with Crippen molar-refractivity contribution < 1.29 is 4.79 Å². The second-order valence-corrected chi connectivity index (χ2v) is 4.30. The molecule has 5 heteroatoms. The van der Waals surface area contributed by atoms with Gasteiger partial charge in [-0.15, -0.1) is 0 Å². The van der Waals surface area contributed by atoms with Gasteiger partial charge in [-0.3, -0.25) is 4.79 Å². The highest BCUT2D eigenvalue weighted by molar-refractivity contribution is 5.75. The zero-order valence-electron chi connectivity index (χ0n) is 9.86. The number of nitrogens with one attached hydrogen (secondary N) is 1. The SMILES string of the molecule is CN(C)C(=O)CCn1cnc2c1CCNC2. The Bertz CT molecular complexity index is 383. The summed E-state index contributed by atoms with van der Waals surface area (Å²) in [7, 11) is 3.57. The van der Waals surface area contributed by atoms with Crippen molar-refractivity contribution in [1.82, 2.24) is 19.8 Å². The molecule has 1 aliphatic rings. The molecule has 1 aromatic heterocycles. The van der Waals surface area contributed by atoms with Crippen LogP contribution in [0.25, 0.3) is 0 Å². The van der Waals surface area contributed by atoms with E-state index in [1.807, 2.05) is 6.33 Å². The van der Waals surface area contributed by atoms with Crippen molar-refractivity contribution in [2.24, 2.45) is 0 Å². The fraction of sp³-hybridized carbons (Fsp3) is 0.636. The number of nitrogens with zero attached hydrogens (tertiary/aromatic N) is 3. The number of carbonyl (C=O) groups is 1. The first kappa shape index (κ1) is 11.1. The minimum Gasteiger partial charge on any atom is -0.349 e. The molecule has 1 aliphatic heterocycles. The van der Waals surface area contributed by atoms with Crippen LogP contribution >= 0.6 is 0 Å². The van der Waals surface area contributed by atoms with Gasteiger partial charge in [-0.1, -0.05) is 0 Å². The molecule has 16 heavy (non-hydrogen) atoms. The molecule has 1 amide bonds. The lowest BCUT2D eigenvalue weighted by atomic mass is 10.2. The molecule has 5 nitrogen and oxygen atoms in total. The first-order valence-corrected chi connectivity index (χ1v) is 5.62. The Morgan fingerprint density at radius 1 is 1.62 bits per heavy atom. The van der Waals surface area contributed by atoms with Gasteiger partial charge in [0.25, 0.3) is 0 Å². The van der Waals surface area contributed by atoms with Crippen LogP contribution in [0, 0.1) is 0 Å². The maximum atomic E-state index is 11.5. The van der Waals surface area contributed by atoms with Crippen molar-refractivity contribution in [3.8, 4) is 0 Å². The van der Waals surface area contributed by atoms with E-state index in [0.29, 0.717) is 6.42 Å². The number of imidazole rings is 1. The molecule has 2 heterocycles. The van der Waals surface area contributed by atoms with Crippen molar-refractivity contribution in [2.45, 2.75) is 25.9 Å². The van der Waals surface area contributed by atoms with Gasteiger partial charge in [-0.05, 0) is 0 Å². The van der Waals surface area contributed by atoms with Crippen molar-refractivity contribution >= 4 is 5.91 Å². The number of hydrogen-bond acceptors (Lipinski definition) is 3. The van der Waals surface area contributed by atoms with Crippen molar-refractivity contribution in [3.05, 3.63) is 17.7 Å². The molecule has 1 N–H and O–H groups in total. The number of hydrogen-bond donors (Lipinski definition) is 1. The van der Waals surface area contributed by atoms with Gasteiger partial charge in [0, 0.05) is 52.3 Å². The van der Waals surface area contributed by atoms with Crippen LogP contribution in [-0.4, -0.2) is 41.0 Å². The zero-order valence-corrected chi connectivity index (χ0v) is 9.86. The third-order valence-corrected chi connectivity index (χ3v) is 2.93. The van der Waals surface area contributed by atoms with Crippen LogP contribution in [0.1, 0.15) is 17.8 Å². The predicted molar refractivity (Wildman–Crippen MR) is 60.9 cm³/mol. The molecule has 0 bridgehead atoms. The Labute approximate surface area is 95.5 Å². The van der Waals surface area contributed by atoms with Gasteiger partial charge in [0.15, 0.2) is 0 Å². The second-order valence-electron chi connectivity index (χ2n) is 4.30. The van der Waals surface area contributed by atoms with Gasteiger partial charge in [0.1, 0.15) is 0 Å². The van der Waals surface area contributed by atoms with Crippen molar-refractivity contribution in [3.63, 3.8) is 0 Å². The van der Waals surface area contributed by atoms with E-state index in [1.165, 1.54) is 5.69 Å². The summed E-state index contributed by atoms with van der Waals surface area (Å²) in [5.74, 6) is 0.163. The molecule has 0 saturated carbocycles. The largest absolute Gasteiger partial charge is 0.349 e. The molecule has 1 aromatic rings. The fourth-order valence-electron chi connectivity index (χ4n) is 1.93. The Kier molecular flexibility index (Phi) is 3.24. The molecule has 0 aromatic carbocycles. The lowest BCUT2D eigenvalue weighted by Crippen LogP contribution is -2.26. The normalized spacial score (nSPS) is 14.6. The maximum Gasteiger partial charge on any atom is 0.223 e. The summed E-state index contributed by atoms with van der Waals surface area (Å²) in [4.78, 5) is 17.5. The Morgan fingerprint density at radius 3 is 3.19 bits per heavy atom. The van der Waals surface area contributed by atoms with Crippen LogP contribution in [0.3, 0.4) is 0 Å². The van der Waals surface area contributed by atoms with Gasteiger partial charge in [-0.2, -0.15) is 0 Å². The van der Waals surface area contributed by atoms with Gasteiger partial charge in [0.05, 0.1) is 12.0 Å². The van der Waals surface area contributed by atoms with Crippen molar-refractivity contribution in [1.29, 1.82) is 0 Å². The van der Waals surface area contributed by atoms with Crippen LogP contribution in [-0.2, 0) is 24.3 Å². The number of carbonyl (C=O) groups excluding carboxylic acids is 1. The third-order valence-electron chi connectivity index (χ3n) is 2.93. The molecule has 2 rings (SSSR count). The first-order chi connectivity index (χ1) is 7.68. The first-order valence-electron chi connectivity index (χ1n) is 5.62. The summed E-state index contributed by atoms with van der Waals surface area (Å²) in [6, 6.07) is 0. The van der Waals surface area contributed by atoms with Crippen LogP contribution < -0.4 is 5.32 Å². The maximum absolute atomic E-state index is 11.5. The summed E-state index contributed by atoms with van der Waals surface area (Å²) in [5.41, 5.74) is 2.41. The summed E-state index contributed by atoms with van der Waals surface area (Å²) in [5, 5.41) is 3.29. The van der Waals surface area contributed by atoms with E-state index in [-0.39, 0.29) is 5.91 Å². The van der Waals surface area contributed by atoms with Gasteiger partial charge < -0.3 is 14.8 Å². The lowest BCUT2D eigenvalue weighted by Gasteiger charge is -2.16.